The first-order valence-electron chi connectivity index (χ1n) is 12.0. The van der Waals surface area contributed by atoms with Gasteiger partial charge in [-0.2, -0.15) is 10.2 Å². The van der Waals surface area contributed by atoms with Gasteiger partial charge in [-0.05, 0) is 68.6 Å². The van der Waals surface area contributed by atoms with Gasteiger partial charge in [-0.15, -0.1) is 0 Å². The van der Waals surface area contributed by atoms with Crippen LogP contribution in [-0.2, 0) is 11.2 Å². The molecule has 3 heterocycles. The molecule has 6 nitrogen and oxygen atoms in total. The number of ketones is 1. The third-order valence-corrected chi connectivity index (χ3v) is 6.83. The third-order valence-electron chi connectivity index (χ3n) is 6.83. The minimum absolute atomic E-state index is 0.203. The molecule has 1 saturated carbocycles. The highest BCUT2D eigenvalue weighted by Gasteiger charge is 2.21. The summed E-state index contributed by atoms with van der Waals surface area (Å²) in [6.07, 6.45) is 12.1. The van der Waals surface area contributed by atoms with E-state index in [1.54, 1.807) is 0 Å². The van der Waals surface area contributed by atoms with Crippen LogP contribution in [0.3, 0.4) is 0 Å². The lowest BCUT2D eigenvalue weighted by atomic mass is 9.85. The van der Waals surface area contributed by atoms with E-state index in [0.29, 0.717) is 18.2 Å². The van der Waals surface area contributed by atoms with Crippen molar-refractivity contribution in [3.63, 3.8) is 0 Å². The van der Waals surface area contributed by atoms with Crippen LogP contribution in [0.1, 0.15) is 50.6 Å². The van der Waals surface area contributed by atoms with Gasteiger partial charge in [0.25, 0.3) is 0 Å². The Kier molecular flexibility index (Phi) is 6.39. The number of nitrogens with zero attached hydrogens (tertiary/aromatic N) is 3. The lowest BCUT2D eigenvalue weighted by Crippen LogP contribution is -2.35. The van der Waals surface area contributed by atoms with E-state index in [9.17, 15) is 4.79 Å². The van der Waals surface area contributed by atoms with Gasteiger partial charge in [0.15, 0.2) is 0 Å². The fourth-order valence-corrected chi connectivity index (χ4v) is 4.98. The summed E-state index contributed by atoms with van der Waals surface area (Å²) in [6, 6.07) is 10.9. The number of nitrogens with one attached hydrogen (secondary N) is 2. The van der Waals surface area contributed by atoms with Crippen molar-refractivity contribution in [3.8, 4) is 11.1 Å². The molecule has 2 aromatic heterocycles. The predicted molar refractivity (Wildman–Crippen MR) is 128 cm³/mol. The Hall–Kier alpha value is -2.86. The van der Waals surface area contributed by atoms with E-state index in [4.69, 9.17) is 0 Å². The second-order valence-electron chi connectivity index (χ2n) is 9.22. The van der Waals surface area contributed by atoms with Crippen LogP contribution in [0.5, 0.6) is 0 Å². The molecule has 2 N–H and O–H groups in total. The molecule has 1 aliphatic heterocycles. The first-order valence-corrected chi connectivity index (χ1v) is 12.0. The van der Waals surface area contributed by atoms with E-state index in [1.165, 1.54) is 19.3 Å². The van der Waals surface area contributed by atoms with Crippen LogP contribution in [0.2, 0.25) is 0 Å². The highest BCUT2D eigenvalue weighted by Crippen LogP contribution is 2.27. The Morgan fingerprint density at radius 1 is 0.938 bits per heavy atom. The van der Waals surface area contributed by atoms with Gasteiger partial charge in [0.1, 0.15) is 5.78 Å². The van der Waals surface area contributed by atoms with Gasteiger partial charge in [0.2, 0.25) is 0 Å². The first kappa shape index (κ1) is 21.0. The van der Waals surface area contributed by atoms with E-state index >= 15 is 0 Å². The quantitative estimate of drug-likeness (QED) is 0.599. The maximum atomic E-state index is 12.7. The third kappa shape index (κ3) is 4.96. The second-order valence-corrected chi connectivity index (χ2v) is 9.22. The van der Waals surface area contributed by atoms with E-state index in [0.717, 1.165) is 72.2 Å². The van der Waals surface area contributed by atoms with Crippen molar-refractivity contribution in [2.45, 2.75) is 57.4 Å². The van der Waals surface area contributed by atoms with Crippen molar-refractivity contribution in [1.29, 1.82) is 0 Å². The average Bonchev–Trinajstić information content (AvgIpc) is 2.85. The summed E-state index contributed by atoms with van der Waals surface area (Å²) >= 11 is 0. The molecule has 32 heavy (non-hydrogen) atoms. The highest BCUT2D eigenvalue weighted by molar-refractivity contribution is 5.87. The SMILES string of the molecule is O=C(Cc1cc2cc(-c3cncc(NC4CCNCC4)c3)ccc2nn1)C1CCCCC1. The molecule has 0 unspecified atom stereocenters. The Morgan fingerprint density at radius 3 is 2.62 bits per heavy atom. The second kappa shape index (κ2) is 9.74. The molecular formula is C26H31N5O. The van der Waals surface area contributed by atoms with Crippen LogP contribution in [0.15, 0.2) is 42.7 Å². The molecule has 1 aliphatic carbocycles. The number of hydrogen-bond acceptors (Lipinski definition) is 6. The topological polar surface area (TPSA) is 79.8 Å². The van der Waals surface area contributed by atoms with Gasteiger partial charge in [0.05, 0.1) is 23.3 Å². The van der Waals surface area contributed by atoms with Gasteiger partial charge in [-0.1, -0.05) is 25.3 Å². The molecule has 2 aliphatic rings. The molecule has 0 radical (unpaired) electrons. The lowest BCUT2D eigenvalue weighted by molar-refractivity contribution is -0.123. The molecule has 0 amide bonds. The van der Waals surface area contributed by atoms with E-state index in [-0.39, 0.29) is 5.92 Å². The molecule has 2 fully saturated rings. The number of rotatable bonds is 6. The Bertz CT molecular complexity index is 1090. The van der Waals surface area contributed by atoms with Crippen molar-refractivity contribution in [3.05, 3.63) is 48.4 Å². The van der Waals surface area contributed by atoms with Crippen molar-refractivity contribution in [2.75, 3.05) is 18.4 Å². The highest BCUT2D eigenvalue weighted by atomic mass is 16.1. The zero-order valence-corrected chi connectivity index (χ0v) is 18.5. The minimum atomic E-state index is 0.203. The molecule has 3 aromatic rings. The predicted octanol–water partition coefficient (Wildman–Crippen LogP) is 4.55. The number of hydrogen-bond donors (Lipinski definition) is 2. The fourth-order valence-electron chi connectivity index (χ4n) is 4.98. The Labute approximate surface area is 189 Å². The monoisotopic (exact) mass is 429 g/mol. The first-order chi connectivity index (χ1) is 15.7. The van der Waals surface area contributed by atoms with Crippen molar-refractivity contribution in [1.82, 2.24) is 20.5 Å². The van der Waals surface area contributed by atoms with Crippen LogP contribution in [0.4, 0.5) is 5.69 Å². The van der Waals surface area contributed by atoms with Crippen molar-refractivity contribution < 1.29 is 4.79 Å². The van der Waals surface area contributed by atoms with Gasteiger partial charge in [-0.25, -0.2) is 0 Å². The maximum Gasteiger partial charge on any atom is 0.141 e. The largest absolute Gasteiger partial charge is 0.381 e. The normalized spacial score (nSPS) is 18.0. The average molecular weight is 430 g/mol. The van der Waals surface area contributed by atoms with Crippen LogP contribution in [-0.4, -0.2) is 40.1 Å². The van der Waals surface area contributed by atoms with E-state index < -0.39 is 0 Å². The standard InChI is InChI=1S/C26H31N5O/c32-26(18-4-2-1-3-5-18)15-23-13-20-12-19(6-7-25(20)31-30-23)21-14-24(17-28-16-21)29-22-8-10-27-11-9-22/h6-7,12-14,16-18,22,27,29H,1-5,8-11,15H2. The summed E-state index contributed by atoms with van der Waals surface area (Å²) in [7, 11) is 0. The fraction of sp³-hybridized carbons (Fsp3) is 0.462. The smallest absolute Gasteiger partial charge is 0.141 e. The Morgan fingerprint density at radius 2 is 1.78 bits per heavy atom. The number of fused-ring (bicyclic) bond motifs is 1. The van der Waals surface area contributed by atoms with Gasteiger partial charge in [0, 0.05) is 35.3 Å². The number of carbonyl (C=O) groups excluding carboxylic acids is 1. The van der Waals surface area contributed by atoms with E-state index in [1.807, 2.05) is 24.5 Å². The number of carbonyl (C=O) groups is 1. The molecule has 1 aromatic carbocycles. The summed E-state index contributed by atoms with van der Waals surface area (Å²) < 4.78 is 0. The number of benzene rings is 1. The zero-order valence-electron chi connectivity index (χ0n) is 18.5. The molecule has 6 heteroatoms. The number of aromatic nitrogens is 3. The number of piperidine rings is 1. The maximum absolute atomic E-state index is 12.7. The van der Waals surface area contributed by atoms with Crippen LogP contribution in [0.25, 0.3) is 22.0 Å². The number of pyridine rings is 1. The summed E-state index contributed by atoms with van der Waals surface area (Å²) in [5, 5.41) is 16.7. The molecule has 0 bridgehead atoms. The Balaban J connectivity index is 1.34. The summed E-state index contributed by atoms with van der Waals surface area (Å²) in [6.45, 7) is 2.12. The van der Waals surface area contributed by atoms with Crippen molar-refractivity contribution >= 4 is 22.4 Å². The van der Waals surface area contributed by atoms with Gasteiger partial charge >= 0.3 is 0 Å². The molecule has 0 spiro atoms. The van der Waals surface area contributed by atoms with Crippen LogP contribution < -0.4 is 10.6 Å². The zero-order chi connectivity index (χ0) is 21.8. The minimum Gasteiger partial charge on any atom is -0.381 e. The van der Waals surface area contributed by atoms with Crippen LogP contribution in [0, 0.1) is 5.92 Å². The molecule has 5 rings (SSSR count). The van der Waals surface area contributed by atoms with Crippen molar-refractivity contribution in [2.24, 2.45) is 5.92 Å². The molecule has 1 saturated heterocycles. The molecule has 166 valence electrons. The number of Topliss-reactive ketones (excluding diaryl/α,β-unsaturated/α-hetero) is 1. The molecular weight excluding hydrogens is 398 g/mol. The lowest BCUT2D eigenvalue weighted by Gasteiger charge is -2.24. The number of anilines is 1. The summed E-state index contributed by atoms with van der Waals surface area (Å²) in [4.78, 5) is 17.2. The van der Waals surface area contributed by atoms with Crippen LogP contribution >= 0.6 is 0 Å². The molecule has 0 atom stereocenters. The van der Waals surface area contributed by atoms with Gasteiger partial charge < -0.3 is 10.6 Å². The van der Waals surface area contributed by atoms with Gasteiger partial charge in [-0.3, -0.25) is 9.78 Å². The van der Waals surface area contributed by atoms with E-state index in [2.05, 4.69) is 44.0 Å². The summed E-state index contributed by atoms with van der Waals surface area (Å²) in [5.41, 5.74) is 4.84. The summed E-state index contributed by atoms with van der Waals surface area (Å²) in [5.74, 6) is 0.518.